The maximum absolute atomic E-state index is 11.1. The van der Waals surface area contributed by atoms with E-state index >= 15 is 0 Å². The maximum Gasteiger partial charge on any atom is 0.323 e. The van der Waals surface area contributed by atoms with Gasteiger partial charge in [0.15, 0.2) is 0 Å². The van der Waals surface area contributed by atoms with E-state index in [-0.39, 0.29) is 12.6 Å². The zero-order chi connectivity index (χ0) is 11.7. The molecule has 0 aliphatic rings. The first kappa shape index (κ1) is 13.7. The zero-order valence-electron chi connectivity index (χ0n) is 9.38. The van der Waals surface area contributed by atoms with Crippen LogP contribution in [-0.2, 0) is 4.79 Å². The van der Waals surface area contributed by atoms with Crippen molar-refractivity contribution in [3.05, 3.63) is 0 Å². The Morgan fingerprint density at radius 1 is 1.33 bits per heavy atom. The van der Waals surface area contributed by atoms with Crippen molar-refractivity contribution >= 4 is 12.0 Å². The van der Waals surface area contributed by atoms with Gasteiger partial charge in [-0.15, -0.1) is 0 Å². The van der Waals surface area contributed by atoms with Gasteiger partial charge in [-0.3, -0.25) is 4.79 Å². The van der Waals surface area contributed by atoms with Gasteiger partial charge in [0, 0.05) is 6.04 Å². The summed E-state index contributed by atoms with van der Waals surface area (Å²) >= 11 is 0. The Bertz CT molecular complexity index is 207. The Morgan fingerprint density at radius 2 is 2.00 bits per heavy atom. The number of nitrogens with one attached hydrogen (secondary N) is 2. The lowest BCUT2D eigenvalue weighted by Crippen LogP contribution is -2.42. The smallest absolute Gasteiger partial charge is 0.323 e. The van der Waals surface area contributed by atoms with Gasteiger partial charge in [0.25, 0.3) is 0 Å². The Hall–Kier alpha value is -1.26. The Labute approximate surface area is 90.2 Å². The van der Waals surface area contributed by atoms with E-state index in [0.717, 1.165) is 25.7 Å². The molecule has 0 spiro atoms. The van der Waals surface area contributed by atoms with Crippen LogP contribution in [0, 0.1) is 0 Å². The van der Waals surface area contributed by atoms with Gasteiger partial charge >= 0.3 is 12.0 Å². The van der Waals surface area contributed by atoms with Gasteiger partial charge in [0.05, 0.1) is 0 Å². The predicted molar refractivity (Wildman–Crippen MR) is 57.8 cm³/mol. The lowest BCUT2D eigenvalue weighted by molar-refractivity contribution is -0.135. The van der Waals surface area contributed by atoms with Crippen LogP contribution in [0.5, 0.6) is 0 Å². The molecule has 0 aromatic carbocycles. The van der Waals surface area contributed by atoms with Gasteiger partial charge in [-0.05, 0) is 13.3 Å². The standard InChI is InChI=1S/C10H20N2O3/c1-3-4-5-6-8(2)12-10(15)11-7-9(13)14/h8H,3-7H2,1-2H3,(H,13,14)(H2,11,12,15). The number of amides is 2. The molecule has 88 valence electrons. The van der Waals surface area contributed by atoms with Crippen LogP contribution < -0.4 is 10.6 Å². The summed E-state index contributed by atoms with van der Waals surface area (Å²) in [6, 6.07) is -0.327. The Balaban J connectivity index is 3.53. The summed E-state index contributed by atoms with van der Waals surface area (Å²) in [5.41, 5.74) is 0. The van der Waals surface area contributed by atoms with Gasteiger partial charge < -0.3 is 15.7 Å². The van der Waals surface area contributed by atoms with Gasteiger partial charge in [-0.2, -0.15) is 0 Å². The number of hydrogen-bond donors (Lipinski definition) is 3. The van der Waals surface area contributed by atoms with E-state index in [2.05, 4.69) is 17.6 Å². The van der Waals surface area contributed by atoms with E-state index in [0.29, 0.717) is 0 Å². The minimum absolute atomic E-state index is 0.0883. The fraction of sp³-hybridized carbons (Fsp3) is 0.800. The second kappa shape index (κ2) is 8.08. The molecular formula is C10H20N2O3. The quantitative estimate of drug-likeness (QED) is 0.562. The minimum atomic E-state index is -1.04. The molecule has 2 amide bonds. The highest BCUT2D eigenvalue weighted by Gasteiger charge is 2.07. The third-order valence-electron chi connectivity index (χ3n) is 2.02. The SMILES string of the molecule is CCCCCC(C)NC(=O)NCC(=O)O. The van der Waals surface area contributed by atoms with Crippen LogP contribution in [0.15, 0.2) is 0 Å². The molecule has 0 rings (SSSR count). The molecule has 5 heteroatoms. The Kier molecular flexibility index (Phi) is 7.40. The highest BCUT2D eigenvalue weighted by Crippen LogP contribution is 2.02. The first-order valence-corrected chi connectivity index (χ1v) is 5.32. The van der Waals surface area contributed by atoms with E-state index in [9.17, 15) is 9.59 Å². The van der Waals surface area contributed by atoms with Crippen LogP contribution in [0.25, 0.3) is 0 Å². The number of carbonyl (C=O) groups is 2. The molecule has 0 saturated carbocycles. The summed E-state index contributed by atoms with van der Waals surface area (Å²) < 4.78 is 0. The van der Waals surface area contributed by atoms with Crippen LogP contribution in [0.1, 0.15) is 39.5 Å². The first-order valence-electron chi connectivity index (χ1n) is 5.32. The van der Waals surface area contributed by atoms with E-state index in [1.165, 1.54) is 0 Å². The number of carboxylic acids is 1. The fourth-order valence-electron chi connectivity index (χ4n) is 1.20. The van der Waals surface area contributed by atoms with E-state index < -0.39 is 12.0 Å². The zero-order valence-corrected chi connectivity index (χ0v) is 9.38. The van der Waals surface area contributed by atoms with Crippen molar-refractivity contribution in [2.45, 2.75) is 45.6 Å². The molecule has 0 bridgehead atoms. The molecule has 15 heavy (non-hydrogen) atoms. The average molecular weight is 216 g/mol. The van der Waals surface area contributed by atoms with Crippen molar-refractivity contribution in [2.75, 3.05) is 6.54 Å². The van der Waals surface area contributed by atoms with Crippen LogP contribution in [0.4, 0.5) is 4.79 Å². The highest BCUT2D eigenvalue weighted by molar-refractivity contribution is 5.79. The molecule has 5 nitrogen and oxygen atoms in total. The molecule has 0 aromatic heterocycles. The summed E-state index contributed by atoms with van der Waals surface area (Å²) in [6.07, 6.45) is 4.31. The van der Waals surface area contributed by atoms with Crippen molar-refractivity contribution in [1.82, 2.24) is 10.6 Å². The van der Waals surface area contributed by atoms with Crippen molar-refractivity contribution in [3.63, 3.8) is 0 Å². The normalized spacial score (nSPS) is 11.9. The van der Waals surface area contributed by atoms with Gasteiger partial charge in [0.2, 0.25) is 0 Å². The number of carboxylic acid groups (broad SMARTS) is 1. The van der Waals surface area contributed by atoms with Gasteiger partial charge in [-0.25, -0.2) is 4.79 Å². The molecule has 0 aliphatic carbocycles. The molecule has 0 saturated heterocycles. The second-order valence-electron chi connectivity index (χ2n) is 3.62. The van der Waals surface area contributed by atoms with Crippen LogP contribution >= 0.6 is 0 Å². The predicted octanol–water partition coefficient (Wildman–Crippen LogP) is 1.34. The number of hydrogen-bond acceptors (Lipinski definition) is 2. The molecule has 0 heterocycles. The highest BCUT2D eigenvalue weighted by atomic mass is 16.4. The summed E-state index contributed by atoms with van der Waals surface area (Å²) in [5, 5.41) is 13.3. The molecule has 3 N–H and O–H groups in total. The van der Waals surface area contributed by atoms with Crippen molar-refractivity contribution in [2.24, 2.45) is 0 Å². The summed E-state index contributed by atoms with van der Waals surface area (Å²) in [4.78, 5) is 21.3. The van der Waals surface area contributed by atoms with Crippen molar-refractivity contribution < 1.29 is 14.7 Å². The first-order chi connectivity index (χ1) is 7.06. The molecule has 0 fully saturated rings. The number of rotatable bonds is 7. The van der Waals surface area contributed by atoms with Gasteiger partial charge in [0.1, 0.15) is 6.54 Å². The monoisotopic (exact) mass is 216 g/mol. The van der Waals surface area contributed by atoms with Gasteiger partial charge in [-0.1, -0.05) is 26.2 Å². The number of carbonyl (C=O) groups excluding carboxylic acids is 1. The van der Waals surface area contributed by atoms with E-state index in [4.69, 9.17) is 5.11 Å². The average Bonchev–Trinajstić information content (AvgIpc) is 2.15. The number of aliphatic carboxylic acids is 1. The minimum Gasteiger partial charge on any atom is -0.480 e. The third kappa shape index (κ3) is 9.05. The second-order valence-corrected chi connectivity index (χ2v) is 3.62. The molecule has 0 radical (unpaired) electrons. The number of urea groups is 1. The molecule has 1 unspecified atom stereocenters. The lowest BCUT2D eigenvalue weighted by Gasteiger charge is -2.13. The summed E-state index contributed by atoms with van der Waals surface area (Å²) in [6.45, 7) is 3.70. The Morgan fingerprint density at radius 3 is 2.53 bits per heavy atom. The van der Waals surface area contributed by atoms with Crippen LogP contribution in [0.2, 0.25) is 0 Å². The topological polar surface area (TPSA) is 78.4 Å². The van der Waals surface area contributed by atoms with Crippen molar-refractivity contribution in [3.8, 4) is 0 Å². The lowest BCUT2D eigenvalue weighted by atomic mass is 10.1. The molecule has 1 atom stereocenters. The van der Waals surface area contributed by atoms with E-state index in [1.54, 1.807) is 0 Å². The summed E-state index contributed by atoms with van der Waals surface area (Å²) in [5.74, 6) is -1.04. The largest absolute Gasteiger partial charge is 0.480 e. The van der Waals surface area contributed by atoms with Crippen LogP contribution in [-0.4, -0.2) is 29.7 Å². The summed E-state index contributed by atoms with van der Waals surface area (Å²) in [7, 11) is 0. The third-order valence-corrected chi connectivity index (χ3v) is 2.02. The fourth-order valence-corrected chi connectivity index (χ4v) is 1.20. The maximum atomic E-state index is 11.1. The molecule has 0 aromatic rings. The van der Waals surface area contributed by atoms with Crippen LogP contribution in [0.3, 0.4) is 0 Å². The van der Waals surface area contributed by atoms with E-state index in [1.807, 2.05) is 6.92 Å². The van der Waals surface area contributed by atoms with Crippen molar-refractivity contribution in [1.29, 1.82) is 0 Å². The molecular weight excluding hydrogens is 196 g/mol. The molecule has 0 aliphatic heterocycles. The number of unbranched alkanes of at least 4 members (excludes halogenated alkanes) is 2.